The average Bonchev–Trinajstić information content (AvgIpc) is 2.17. The SMILES string of the molecule is C=COC(C)(CC)CC.O=C(O)CC(=O)O. The summed E-state index contributed by atoms with van der Waals surface area (Å²) in [5.74, 6) is -2.62. The molecule has 0 rings (SSSR count). The van der Waals surface area contributed by atoms with Crippen LogP contribution in [-0.4, -0.2) is 27.8 Å². The molecule has 0 aromatic carbocycles. The molecule has 94 valence electrons. The van der Waals surface area contributed by atoms with E-state index < -0.39 is 18.4 Å². The number of rotatable bonds is 6. The molecule has 0 saturated carbocycles. The highest BCUT2D eigenvalue weighted by atomic mass is 16.5. The molecule has 0 aliphatic rings. The number of carboxylic acid groups (broad SMARTS) is 2. The fourth-order valence-corrected chi connectivity index (χ4v) is 0.747. The molecular formula is C11H20O5. The second-order valence-corrected chi connectivity index (χ2v) is 3.41. The second-order valence-electron chi connectivity index (χ2n) is 3.41. The molecule has 0 aliphatic heterocycles. The van der Waals surface area contributed by atoms with Crippen LogP contribution in [0.4, 0.5) is 0 Å². The van der Waals surface area contributed by atoms with E-state index in [1.807, 2.05) is 0 Å². The van der Waals surface area contributed by atoms with Crippen molar-refractivity contribution in [3.63, 3.8) is 0 Å². The summed E-state index contributed by atoms with van der Waals surface area (Å²) in [4.78, 5) is 18.9. The topological polar surface area (TPSA) is 83.8 Å². The summed E-state index contributed by atoms with van der Waals surface area (Å²) in [6.45, 7) is 9.85. The van der Waals surface area contributed by atoms with E-state index in [4.69, 9.17) is 14.9 Å². The van der Waals surface area contributed by atoms with E-state index in [2.05, 4.69) is 27.4 Å². The van der Waals surface area contributed by atoms with Gasteiger partial charge in [-0.2, -0.15) is 0 Å². The van der Waals surface area contributed by atoms with E-state index in [9.17, 15) is 9.59 Å². The van der Waals surface area contributed by atoms with Gasteiger partial charge < -0.3 is 14.9 Å². The van der Waals surface area contributed by atoms with Crippen LogP contribution in [0.3, 0.4) is 0 Å². The van der Waals surface area contributed by atoms with Gasteiger partial charge in [0, 0.05) is 0 Å². The molecule has 0 unspecified atom stereocenters. The molecule has 0 fully saturated rings. The van der Waals surface area contributed by atoms with Gasteiger partial charge in [-0.3, -0.25) is 9.59 Å². The largest absolute Gasteiger partial charge is 0.496 e. The normalized spacial score (nSPS) is 9.69. The molecular weight excluding hydrogens is 212 g/mol. The Morgan fingerprint density at radius 3 is 1.69 bits per heavy atom. The molecule has 0 amide bonds. The smallest absolute Gasteiger partial charge is 0.314 e. The fourth-order valence-electron chi connectivity index (χ4n) is 0.747. The molecule has 16 heavy (non-hydrogen) atoms. The quantitative estimate of drug-likeness (QED) is 0.542. The van der Waals surface area contributed by atoms with Gasteiger partial charge in [0.05, 0.1) is 6.26 Å². The van der Waals surface area contributed by atoms with Crippen LogP contribution in [0.5, 0.6) is 0 Å². The maximum Gasteiger partial charge on any atom is 0.314 e. The summed E-state index contributed by atoms with van der Waals surface area (Å²) >= 11 is 0. The van der Waals surface area contributed by atoms with E-state index in [0.29, 0.717) is 0 Å². The Bertz CT molecular complexity index is 219. The summed E-state index contributed by atoms with van der Waals surface area (Å²) in [7, 11) is 0. The van der Waals surface area contributed by atoms with Gasteiger partial charge in [0.2, 0.25) is 0 Å². The van der Waals surface area contributed by atoms with Crippen molar-refractivity contribution in [2.24, 2.45) is 0 Å². The summed E-state index contributed by atoms with van der Waals surface area (Å²) < 4.78 is 5.29. The van der Waals surface area contributed by atoms with Gasteiger partial charge >= 0.3 is 11.9 Å². The van der Waals surface area contributed by atoms with Gasteiger partial charge in [-0.25, -0.2) is 0 Å². The van der Waals surface area contributed by atoms with E-state index in [1.54, 1.807) is 0 Å². The molecule has 0 atom stereocenters. The Kier molecular flexibility index (Phi) is 9.25. The van der Waals surface area contributed by atoms with Crippen LogP contribution in [0.1, 0.15) is 40.0 Å². The minimum atomic E-state index is -1.31. The molecule has 0 aliphatic carbocycles. The highest BCUT2D eigenvalue weighted by molar-refractivity contribution is 5.88. The minimum absolute atomic E-state index is 0.0156. The highest BCUT2D eigenvalue weighted by Crippen LogP contribution is 2.18. The molecule has 0 radical (unpaired) electrons. The van der Waals surface area contributed by atoms with Crippen molar-refractivity contribution >= 4 is 11.9 Å². The van der Waals surface area contributed by atoms with Crippen LogP contribution in [-0.2, 0) is 14.3 Å². The van der Waals surface area contributed by atoms with Crippen LogP contribution in [0.25, 0.3) is 0 Å². The predicted molar refractivity (Wildman–Crippen MR) is 60.2 cm³/mol. The zero-order chi connectivity index (χ0) is 13.2. The first-order chi connectivity index (χ1) is 7.31. The van der Waals surface area contributed by atoms with Crippen molar-refractivity contribution in [3.05, 3.63) is 12.8 Å². The first kappa shape index (κ1) is 16.9. The first-order valence-corrected chi connectivity index (χ1v) is 5.03. The zero-order valence-corrected chi connectivity index (χ0v) is 10.0. The number of aliphatic carboxylic acids is 2. The third kappa shape index (κ3) is 10.6. The van der Waals surface area contributed by atoms with Crippen LogP contribution >= 0.6 is 0 Å². The number of carboxylic acids is 2. The van der Waals surface area contributed by atoms with Crippen molar-refractivity contribution in [2.45, 2.75) is 45.6 Å². The number of carbonyl (C=O) groups is 2. The lowest BCUT2D eigenvalue weighted by atomic mass is 10.0. The minimum Gasteiger partial charge on any atom is -0.496 e. The Morgan fingerprint density at radius 2 is 1.62 bits per heavy atom. The van der Waals surface area contributed by atoms with E-state index in [0.717, 1.165) is 12.8 Å². The van der Waals surface area contributed by atoms with Gasteiger partial charge in [0.1, 0.15) is 12.0 Å². The first-order valence-electron chi connectivity index (χ1n) is 5.03. The molecule has 5 nitrogen and oxygen atoms in total. The number of ether oxygens (including phenoxy) is 1. The molecule has 5 heteroatoms. The molecule has 2 N–H and O–H groups in total. The standard InChI is InChI=1S/C8H16O.C3H4O4/c1-5-8(4,6-2)9-7-3;4-2(5)1-3(6)7/h7H,3,5-6H2,1-2,4H3;1H2,(H,4,5)(H,6,7). The van der Waals surface area contributed by atoms with E-state index >= 15 is 0 Å². The molecule has 0 saturated heterocycles. The summed E-state index contributed by atoms with van der Waals surface area (Å²) in [6.07, 6.45) is 2.79. The van der Waals surface area contributed by atoms with Crippen molar-refractivity contribution in [1.82, 2.24) is 0 Å². The third-order valence-electron chi connectivity index (χ3n) is 2.17. The predicted octanol–water partition coefficient (Wildman–Crippen LogP) is 2.27. The number of hydrogen-bond acceptors (Lipinski definition) is 3. The van der Waals surface area contributed by atoms with Crippen LogP contribution < -0.4 is 0 Å². The Morgan fingerprint density at radius 1 is 1.25 bits per heavy atom. The lowest BCUT2D eigenvalue weighted by Gasteiger charge is -2.25. The van der Waals surface area contributed by atoms with Crippen molar-refractivity contribution in [1.29, 1.82) is 0 Å². The molecule has 0 aromatic rings. The number of hydrogen-bond donors (Lipinski definition) is 2. The van der Waals surface area contributed by atoms with Crippen molar-refractivity contribution < 1.29 is 24.5 Å². The molecule has 0 heterocycles. The Hall–Kier alpha value is -1.52. The van der Waals surface area contributed by atoms with Gasteiger partial charge in [0.15, 0.2) is 0 Å². The Labute approximate surface area is 95.7 Å². The van der Waals surface area contributed by atoms with Gasteiger partial charge in [-0.1, -0.05) is 20.4 Å². The maximum absolute atomic E-state index is 9.43. The lowest BCUT2D eigenvalue weighted by Crippen LogP contribution is -2.23. The molecule has 0 bridgehead atoms. The van der Waals surface area contributed by atoms with Gasteiger partial charge in [0.25, 0.3) is 0 Å². The molecule has 0 aromatic heterocycles. The molecule has 0 spiro atoms. The monoisotopic (exact) mass is 232 g/mol. The Balaban J connectivity index is 0. The van der Waals surface area contributed by atoms with Crippen LogP contribution in [0.15, 0.2) is 12.8 Å². The van der Waals surface area contributed by atoms with Crippen LogP contribution in [0.2, 0.25) is 0 Å². The van der Waals surface area contributed by atoms with E-state index in [-0.39, 0.29) is 5.60 Å². The third-order valence-corrected chi connectivity index (χ3v) is 2.17. The van der Waals surface area contributed by atoms with Crippen LogP contribution in [0, 0.1) is 0 Å². The van der Waals surface area contributed by atoms with Gasteiger partial charge in [-0.05, 0) is 19.8 Å². The maximum atomic E-state index is 9.43. The average molecular weight is 232 g/mol. The van der Waals surface area contributed by atoms with Gasteiger partial charge in [-0.15, -0.1) is 0 Å². The zero-order valence-electron chi connectivity index (χ0n) is 10.0. The van der Waals surface area contributed by atoms with Crippen molar-refractivity contribution in [3.8, 4) is 0 Å². The second kappa shape index (κ2) is 8.76. The van der Waals surface area contributed by atoms with Crippen molar-refractivity contribution in [2.75, 3.05) is 0 Å². The lowest BCUT2D eigenvalue weighted by molar-refractivity contribution is -0.147. The summed E-state index contributed by atoms with van der Waals surface area (Å²) in [5, 5.41) is 15.4. The summed E-state index contributed by atoms with van der Waals surface area (Å²) in [6, 6.07) is 0. The fraction of sp³-hybridized carbons (Fsp3) is 0.636. The van der Waals surface area contributed by atoms with E-state index in [1.165, 1.54) is 6.26 Å². The highest BCUT2D eigenvalue weighted by Gasteiger charge is 2.18. The summed E-state index contributed by atoms with van der Waals surface area (Å²) in [5.41, 5.74) is 0.0156.